The molecule has 1 aliphatic heterocycles. The van der Waals surface area contributed by atoms with Crippen molar-refractivity contribution in [2.45, 2.75) is 19.5 Å². The number of nitrogens with zero attached hydrogens (tertiary/aromatic N) is 2. The van der Waals surface area contributed by atoms with Gasteiger partial charge >= 0.3 is 0 Å². The second kappa shape index (κ2) is 4.78. The summed E-state index contributed by atoms with van der Waals surface area (Å²) >= 11 is 0. The Labute approximate surface area is 107 Å². The molecule has 0 amide bonds. The van der Waals surface area contributed by atoms with Gasteiger partial charge in [-0.2, -0.15) is 0 Å². The third-order valence-electron chi connectivity index (χ3n) is 3.57. The van der Waals surface area contributed by atoms with Crippen molar-refractivity contribution in [3.63, 3.8) is 0 Å². The van der Waals surface area contributed by atoms with Crippen LogP contribution in [0.25, 0.3) is 0 Å². The highest BCUT2D eigenvalue weighted by Crippen LogP contribution is 2.26. The van der Waals surface area contributed by atoms with E-state index in [0.29, 0.717) is 6.54 Å². The lowest BCUT2D eigenvalue weighted by molar-refractivity contribution is 0.726. The van der Waals surface area contributed by atoms with Gasteiger partial charge in [-0.15, -0.1) is 0 Å². The van der Waals surface area contributed by atoms with Gasteiger partial charge in [0.25, 0.3) is 0 Å². The lowest BCUT2D eigenvalue weighted by atomic mass is 9.99. The van der Waals surface area contributed by atoms with Gasteiger partial charge in [0.05, 0.1) is 0 Å². The van der Waals surface area contributed by atoms with Crippen LogP contribution in [0.5, 0.6) is 0 Å². The fraction of sp³-hybridized carbons (Fsp3) is 0.267. The van der Waals surface area contributed by atoms with Gasteiger partial charge in [-0.05, 0) is 23.6 Å². The molecule has 0 atom stereocenters. The van der Waals surface area contributed by atoms with E-state index >= 15 is 0 Å². The van der Waals surface area contributed by atoms with Gasteiger partial charge in [-0.1, -0.05) is 24.3 Å². The molecule has 0 radical (unpaired) electrons. The molecule has 1 aromatic heterocycles. The van der Waals surface area contributed by atoms with E-state index in [1.807, 2.05) is 12.4 Å². The van der Waals surface area contributed by atoms with Crippen molar-refractivity contribution in [1.29, 1.82) is 0 Å². The van der Waals surface area contributed by atoms with Gasteiger partial charge in [0, 0.05) is 43.3 Å². The smallest absolute Gasteiger partial charge is 0.0445 e. The van der Waals surface area contributed by atoms with E-state index in [9.17, 15) is 0 Å². The van der Waals surface area contributed by atoms with Crippen LogP contribution in [0.4, 0.5) is 5.69 Å². The minimum Gasteiger partial charge on any atom is -0.367 e. The van der Waals surface area contributed by atoms with E-state index in [0.717, 1.165) is 25.1 Å². The molecule has 2 N–H and O–H groups in total. The van der Waals surface area contributed by atoms with Crippen molar-refractivity contribution in [1.82, 2.24) is 4.98 Å². The Morgan fingerprint density at radius 1 is 1.17 bits per heavy atom. The molecule has 0 aliphatic carbocycles. The Balaban J connectivity index is 1.92. The third kappa shape index (κ3) is 1.97. The standard InChI is InChI=1S/C15H17N3/c16-9-14-10-17-7-5-15(14)18-8-6-12-3-1-2-4-13(12)11-18/h1-5,7,10H,6,8-9,11,16H2. The molecular formula is C15H17N3. The van der Waals surface area contributed by atoms with Crippen LogP contribution in [0.1, 0.15) is 16.7 Å². The average Bonchev–Trinajstić information content (AvgIpc) is 2.46. The zero-order valence-corrected chi connectivity index (χ0v) is 10.3. The first-order valence-electron chi connectivity index (χ1n) is 6.33. The first-order chi connectivity index (χ1) is 8.88. The number of benzene rings is 1. The molecular weight excluding hydrogens is 222 g/mol. The fourth-order valence-electron chi connectivity index (χ4n) is 2.59. The van der Waals surface area contributed by atoms with E-state index in [2.05, 4.69) is 40.2 Å². The molecule has 18 heavy (non-hydrogen) atoms. The second-order valence-corrected chi connectivity index (χ2v) is 4.65. The molecule has 1 aliphatic rings. The Bertz CT molecular complexity index is 551. The highest BCUT2D eigenvalue weighted by atomic mass is 15.1. The van der Waals surface area contributed by atoms with E-state index < -0.39 is 0 Å². The maximum Gasteiger partial charge on any atom is 0.0445 e. The number of nitrogens with two attached hydrogens (primary N) is 1. The summed E-state index contributed by atoms with van der Waals surface area (Å²) in [6.07, 6.45) is 4.81. The van der Waals surface area contributed by atoms with E-state index in [-0.39, 0.29) is 0 Å². The summed E-state index contributed by atoms with van der Waals surface area (Å²) in [4.78, 5) is 6.54. The van der Waals surface area contributed by atoms with Crippen molar-refractivity contribution < 1.29 is 0 Å². The summed E-state index contributed by atoms with van der Waals surface area (Å²) in [5.74, 6) is 0. The molecule has 2 heterocycles. The normalized spacial score (nSPS) is 14.4. The van der Waals surface area contributed by atoms with E-state index in [4.69, 9.17) is 5.73 Å². The molecule has 0 spiro atoms. The highest BCUT2D eigenvalue weighted by molar-refractivity contribution is 5.54. The van der Waals surface area contributed by atoms with Gasteiger partial charge < -0.3 is 10.6 Å². The molecule has 3 nitrogen and oxygen atoms in total. The summed E-state index contributed by atoms with van der Waals surface area (Å²) < 4.78 is 0. The Hall–Kier alpha value is -1.87. The fourth-order valence-corrected chi connectivity index (χ4v) is 2.59. The van der Waals surface area contributed by atoms with Gasteiger partial charge in [0.1, 0.15) is 0 Å². The van der Waals surface area contributed by atoms with Crippen molar-refractivity contribution in [2.75, 3.05) is 11.4 Å². The van der Waals surface area contributed by atoms with Crippen LogP contribution in [0.3, 0.4) is 0 Å². The van der Waals surface area contributed by atoms with Crippen LogP contribution in [-0.4, -0.2) is 11.5 Å². The number of fused-ring (bicyclic) bond motifs is 1. The van der Waals surface area contributed by atoms with Crippen molar-refractivity contribution in [2.24, 2.45) is 5.73 Å². The van der Waals surface area contributed by atoms with Crippen LogP contribution < -0.4 is 10.6 Å². The summed E-state index contributed by atoms with van der Waals surface area (Å²) in [5, 5.41) is 0. The number of anilines is 1. The molecule has 0 unspecified atom stereocenters. The quantitative estimate of drug-likeness (QED) is 0.872. The summed E-state index contributed by atoms with van der Waals surface area (Å²) in [5.41, 5.74) is 11.0. The number of aromatic nitrogens is 1. The molecule has 0 saturated heterocycles. The van der Waals surface area contributed by atoms with Crippen molar-refractivity contribution in [3.05, 3.63) is 59.4 Å². The third-order valence-corrected chi connectivity index (χ3v) is 3.57. The number of hydrogen-bond acceptors (Lipinski definition) is 3. The molecule has 3 rings (SSSR count). The van der Waals surface area contributed by atoms with Crippen LogP contribution >= 0.6 is 0 Å². The second-order valence-electron chi connectivity index (χ2n) is 4.65. The van der Waals surface area contributed by atoms with Crippen LogP contribution in [0, 0.1) is 0 Å². The van der Waals surface area contributed by atoms with Crippen LogP contribution in [-0.2, 0) is 19.5 Å². The molecule has 0 saturated carbocycles. The summed E-state index contributed by atoms with van der Waals surface area (Å²) in [6.45, 7) is 2.56. The molecule has 2 aromatic rings. The number of hydrogen-bond donors (Lipinski definition) is 1. The molecule has 3 heteroatoms. The van der Waals surface area contributed by atoms with Gasteiger partial charge in [-0.25, -0.2) is 0 Å². The maximum atomic E-state index is 5.79. The minimum absolute atomic E-state index is 0.543. The molecule has 0 bridgehead atoms. The van der Waals surface area contributed by atoms with Crippen molar-refractivity contribution >= 4 is 5.69 Å². The predicted octanol–water partition coefficient (Wildman–Crippen LogP) is 2.10. The molecule has 92 valence electrons. The van der Waals surface area contributed by atoms with Gasteiger partial charge in [-0.3, -0.25) is 4.98 Å². The van der Waals surface area contributed by atoms with Crippen LogP contribution in [0.15, 0.2) is 42.7 Å². The monoisotopic (exact) mass is 239 g/mol. The first kappa shape index (κ1) is 11.2. The minimum atomic E-state index is 0.543. The zero-order valence-electron chi connectivity index (χ0n) is 10.3. The zero-order chi connectivity index (χ0) is 12.4. The predicted molar refractivity (Wildman–Crippen MR) is 73.3 cm³/mol. The number of pyridine rings is 1. The largest absolute Gasteiger partial charge is 0.367 e. The van der Waals surface area contributed by atoms with Gasteiger partial charge in [0.2, 0.25) is 0 Å². The van der Waals surface area contributed by atoms with Crippen LogP contribution in [0.2, 0.25) is 0 Å². The Morgan fingerprint density at radius 2 is 2.00 bits per heavy atom. The molecule has 1 aromatic carbocycles. The Morgan fingerprint density at radius 3 is 2.83 bits per heavy atom. The highest BCUT2D eigenvalue weighted by Gasteiger charge is 2.17. The van der Waals surface area contributed by atoms with Gasteiger partial charge in [0.15, 0.2) is 0 Å². The van der Waals surface area contributed by atoms with E-state index in [1.54, 1.807) is 0 Å². The lowest BCUT2D eigenvalue weighted by Crippen LogP contribution is -2.31. The lowest BCUT2D eigenvalue weighted by Gasteiger charge is -2.31. The number of rotatable bonds is 2. The average molecular weight is 239 g/mol. The SMILES string of the molecule is NCc1cnccc1N1CCc2ccccc2C1. The van der Waals surface area contributed by atoms with E-state index in [1.165, 1.54) is 16.8 Å². The first-order valence-corrected chi connectivity index (χ1v) is 6.33. The summed E-state index contributed by atoms with van der Waals surface area (Å²) in [7, 11) is 0. The summed E-state index contributed by atoms with van der Waals surface area (Å²) in [6, 6.07) is 10.7. The Kier molecular flexibility index (Phi) is 2.99. The van der Waals surface area contributed by atoms with Crippen molar-refractivity contribution in [3.8, 4) is 0 Å². The maximum absolute atomic E-state index is 5.79. The molecule has 0 fully saturated rings. The topological polar surface area (TPSA) is 42.1 Å².